The molecule has 1 heterocycles. The molecule has 110 valence electrons. The van der Waals surface area contributed by atoms with E-state index in [0.717, 1.165) is 19.3 Å². The number of nitrogens with one attached hydrogen (secondary N) is 1. The maximum atomic E-state index is 12.3. The number of hydrogen-bond acceptors (Lipinski definition) is 3. The van der Waals surface area contributed by atoms with Crippen molar-refractivity contribution in [1.29, 1.82) is 0 Å². The maximum Gasteiger partial charge on any atom is 0.251 e. The first-order chi connectivity index (χ1) is 9.58. The van der Waals surface area contributed by atoms with Crippen LogP contribution in [0.5, 0.6) is 11.5 Å². The number of benzene rings is 1. The van der Waals surface area contributed by atoms with Crippen molar-refractivity contribution >= 4 is 5.91 Å². The number of amides is 1. The van der Waals surface area contributed by atoms with Crippen LogP contribution >= 0.6 is 0 Å². The van der Waals surface area contributed by atoms with Crippen LogP contribution in [0.2, 0.25) is 0 Å². The molecule has 1 N–H and O–H groups in total. The summed E-state index contributed by atoms with van der Waals surface area (Å²) >= 11 is 0. The van der Waals surface area contributed by atoms with Crippen LogP contribution in [-0.4, -0.2) is 24.7 Å². The van der Waals surface area contributed by atoms with Crippen molar-refractivity contribution in [2.75, 3.05) is 13.2 Å². The molecule has 1 aliphatic rings. The van der Waals surface area contributed by atoms with Crippen LogP contribution in [0.25, 0.3) is 0 Å². The first-order valence-electron chi connectivity index (χ1n) is 7.30. The van der Waals surface area contributed by atoms with Crippen molar-refractivity contribution in [3.05, 3.63) is 23.8 Å². The van der Waals surface area contributed by atoms with E-state index in [-0.39, 0.29) is 11.4 Å². The SMILES string of the molecule is CCC(C)(CC)NC(=O)c1ccc2c(c1)OCCCO2. The minimum atomic E-state index is -0.165. The van der Waals surface area contributed by atoms with Gasteiger partial charge in [-0.1, -0.05) is 13.8 Å². The zero-order chi connectivity index (χ0) is 14.6. The number of rotatable bonds is 4. The number of fused-ring (bicyclic) bond motifs is 1. The predicted molar refractivity (Wildman–Crippen MR) is 78.5 cm³/mol. The van der Waals surface area contributed by atoms with Crippen molar-refractivity contribution in [3.8, 4) is 11.5 Å². The Bertz CT molecular complexity index is 481. The first-order valence-corrected chi connectivity index (χ1v) is 7.30. The molecule has 20 heavy (non-hydrogen) atoms. The molecule has 0 unspecified atom stereocenters. The summed E-state index contributed by atoms with van der Waals surface area (Å²) in [5.74, 6) is 1.31. The fraction of sp³-hybridized carbons (Fsp3) is 0.562. The summed E-state index contributed by atoms with van der Waals surface area (Å²) in [6, 6.07) is 5.36. The molecule has 1 aromatic rings. The molecule has 0 bridgehead atoms. The summed E-state index contributed by atoms with van der Waals surface area (Å²) in [5, 5.41) is 3.10. The second kappa shape index (κ2) is 6.16. The lowest BCUT2D eigenvalue weighted by Gasteiger charge is -2.28. The highest BCUT2D eigenvalue weighted by Crippen LogP contribution is 2.30. The highest BCUT2D eigenvalue weighted by atomic mass is 16.5. The molecule has 0 aliphatic carbocycles. The summed E-state index contributed by atoms with van der Waals surface area (Å²) in [6.45, 7) is 7.51. The van der Waals surface area contributed by atoms with Gasteiger partial charge in [-0.25, -0.2) is 0 Å². The average molecular weight is 277 g/mol. The lowest BCUT2D eigenvalue weighted by atomic mass is 9.95. The van der Waals surface area contributed by atoms with E-state index in [1.54, 1.807) is 12.1 Å². The van der Waals surface area contributed by atoms with E-state index in [1.807, 2.05) is 6.07 Å². The molecule has 0 atom stereocenters. The second-order valence-electron chi connectivity index (χ2n) is 5.43. The molecule has 0 spiro atoms. The van der Waals surface area contributed by atoms with Gasteiger partial charge in [-0.05, 0) is 38.0 Å². The van der Waals surface area contributed by atoms with Crippen molar-refractivity contribution < 1.29 is 14.3 Å². The van der Waals surface area contributed by atoms with E-state index in [2.05, 4.69) is 26.1 Å². The van der Waals surface area contributed by atoms with E-state index in [4.69, 9.17) is 9.47 Å². The normalized spacial score (nSPS) is 14.6. The smallest absolute Gasteiger partial charge is 0.251 e. The largest absolute Gasteiger partial charge is 0.490 e. The lowest BCUT2D eigenvalue weighted by molar-refractivity contribution is 0.0900. The Hall–Kier alpha value is -1.71. The van der Waals surface area contributed by atoms with Gasteiger partial charge in [-0.15, -0.1) is 0 Å². The highest BCUT2D eigenvalue weighted by molar-refractivity contribution is 5.95. The minimum absolute atomic E-state index is 0.0631. The standard InChI is InChI=1S/C16H23NO3/c1-4-16(3,5-2)17-15(18)12-7-8-13-14(11-12)20-10-6-9-19-13/h7-8,11H,4-6,9-10H2,1-3H3,(H,17,18). The van der Waals surface area contributed by atoms with Crippen molar-refractivity contribution in [2.45, 2.75) is 45.6 Å². The van der Waals surface area contributed by atoms with Gasteiger partial charge in [0, 0.05) is 17.5 Å². The number of carbonyl (C=O) groups excluding carboxylic acids is 1. The molecule has 0 aromatic heterocycles. The van der Waals surface area contributed by atoms with E-state index in [1.165, 1.54) is 0 Å². The zero-order valence-corrected chi connectivity index (χ0v) is 12.5. The van der Waals surface area contributed by atoms with E-state index >= 15 is 0 Å². The molecule has 2 rings (SSSR count). The van der Waals surface area contributed by atoms with Crippen LogP contribution < -0.4 is 14.8 Å². The summed E-state index contributed by atoms with van der Waals surface area (Å²) in [5.41, 5.74) is 0.448. The fourth-order valence-corrected chi connectivity index (χ4v) is 2.08. The van der Waals surface area contributed by atoms with Gasteiger partial charge in [-0.2, -0.15) is 0 Å². The monoisotopic (exact) mass is 277 g/mol. The minimum Gasteiger partial charge on any atom is -0.490 e. The van der Waals surface area contributed by atoms with Crippen LogP contribution in [0.1, 0.15) is 50.4 Å². The Balaban J connectivity index is 2.17. The van der Waals surface area contributed by atoms with E-state index < -0.39 is 0 Å². The maximum absolute atomic E-state index is 12.3. The molecule has 4 heteroatoms. The molecule has 0 radical (unpaired) electrons. The first kappa shape index (κ1) is 14.7. The molecule has 4 nitrogen and oxygen atoms in total. The number of carbonyl (C=O) groups is 1. The quantitative estimate of drug-likeness (QED) is 0.919. The Kier molecular flexibility index (Phi) is 4.53. The van der Waals surface area contributed by atoms with Gasteiger partial charge in [0.05, 0.1) is 13.2 Å². The summed E-state index contributed by atoms with van der Waals surface area (Å²) < 4.78 is 11.2. The topological polar surface area (TPSA) is 47.6 Å². The molecule has 1 amide bonds. The molecular formula is C16H23NO3. The predicted octanol–water partition coefficient (Wildman–Crippen LogP) is 3.16. The van der Waals surface area contributed by atoms with Crippen molar-refractivity contribution in [1.82, 2.24) is 5.32 Å². The number of hydrogen-bond donors (Lipinski definition) is 1. The van der Waals surface area contributed by atoms with Crippen LogP contribution in [0.3, 0.4) is 0 Å². The van der Waals surface area contributed by atoms with Crippen LogP contribution in [0.15, 0.2) is 18.2 Å². The van der Waals surface area contributed by atoms with Crippen LogP contribution in [-0.2, 0) is 0 Å². The molecule has 0 fully saturated rings. The Labute approximate surface area is 120 Å². The lowest BCUT2D eigenvalue weighted by Crippen LogP contribution is -2.44. The molecule has 1 aromatic carbocycles. The third-order valence-electron chi connectivity index (χ3n) is 3.99. The number of ether oxygens (including phenoxy) is 2. The molecule has 1 aliphatic heterocycles. The third-order valence-corrected chi connectivity index (χ3v) is 3.99. The Morgan fingerprint density at radius 2 is 1.85 bits per heavy atom. The highest BCUT2D eigenvalue weighted by Gasteiger charge is 2.23. The summed E-state index contributed by atoms with van der Waals surface area (Å²) in [4.78, 5) is 12.3. The molecule has 0 saturated carbocycles. The van der Waals surface area contributed by atoms with Gasteiger partial charge in [-0.3, -0.25) is 4.79 Å². The Morgan fingerprint density at radius 1 is 1.20 bits per heavy atom. The van der Waals surface area contributed by atoms with Gasteiger partial charge in [0.2, 0.25) is 0 Å². The average Bonchev–Trinajstić information content (AvgIpc) is 2.71. The van der Waals surface area contributed by atoms with Crippen molar-refractivity contribution in [3.63, 3.8) is 0 Å². The van der Waals surface area contributed by atoms with Gasteiger partial charge in [0.1, 0.15) is 0 Å². The van der Waals surface area contributed by atoms with Gasteiger partial charge >= 0.3 is 0 Å². The zero-order valence-electron chi connectivity index (χ0n) is 12.5. The Morgan fingerprint density at radius 3 is 2.50 bits per heavy atom. The van der Waals surface area contributed by atoms with Gasteiger partial charge in [0.25, 0.3) is 5.91 Å². The van der Waals surface area contributed by atoms with E-state index in [0.29, 0.717) is 30.3 Å². The molecular weight excluding hydrogens is 254 g/mol. The molecule has 0 saturated heterocycles. The van der Waals surface area contributed by atoms with Crippen molar-refractivity contribution in [2.24, 2.45) is 0 Å². The summed E-state index contributed by atoms with van der Waals surface area (Å²) in [6.07, 6.45) is 2.67. The van der Waals surface area contributed by atoms with Crippen LogP contribution in [0, 0.1) is 0 Å². The van der Waals surface area contributed by atoms with E-state index in [9.17, 15) is 4.79 Å². The van der Waals surface area contributed by atoms with Gasteiger partial charge < -0.3 is 14.8 Å². The van der Waals surface area contributed by atoms with Crippen LogP contribution in [0.4, 0.5) is 0 Å². The van der Waals surface area contributed by atoms with Gasteiger partial charge in [0.15, 0.2) is 11.5 Å². The fourth-order valence-electron chi connectivity index (χ4n) is 2.08. The second-order valence-corrected chi connectivity index (χ2v) is 5.43. The third kappa shape index (κ3) is 3.24. The summed E-state index contributed by atoms with van der Waals surface area (Å²) in [7, 11) is 0.